The molecule has 0 unspecified atom stereocenters. The van der Waals surface area contributed by atoms with Crippen molar-refractivity contribution in [1.82, 2.24) is 14.8 Å². The van der Waals surface area contributed by atoms with Gasteiger partial charge in [0.2, 0.25) is 0 Å². The van der Waals surface area contributed by atoms with Crippen LogP contribution in [-0.2, 0) is 17.6 Å². The number of carbonyl (C=O) groups excluding carboxylic acids is 1. The van der Waals surface area contributed by atoms with E-state index in [0.29, 0.717) is 54.5 Å². The zero-order chi connectivity index (χ0) is 28.8. The molecule has 11 heteroatoms. The third-order valence-electron chi connectivity index (χ3n) is 7.97. The summed E-state index contributed by atoms with van der Waals surface area (Å²) in [5, 5.41) is 0.672. The van der Waals surface area contributed by atoms with Crippen LogP contribution in [0.5, 0.6) is 0 Å². The van der Waals surface area contributed by atoms with E-state index in [4.69, 9.17) is 4.74 Å². The van der Waals surface area contributed by atoms with Crippen LogP contribution in [0.15, 0.2) is 30.3 Å². The molecule has 3 aromatic rings. The van der Waals surface area contributed by atoms with Gasteiger partial charge >= 0.3 is 12.1 Å². The highest BCUT2D eigenvalue weighted by atomic mass is 19.4. The summed E-state index contributed by atoms with van der Waals surface area (Å²) in [6, 6.07) is 5.15. The highest BCUT2D eigenvalue weighted by Crippen LogP contribution is 2.44. The van der Waals surface area contributed by atoms with Gasteiger partial charge in [-0.15, -0.1) is 0 Å². The van der Waals surface area contributed by atoms with E-state index in [1.807, 2.05) is 0 Å². The fraction of sp³-hybridized carbons (Fsp3) is 0.483. The number of aromatic nitrogens is 1. The van der Waals surface area contributed by atoms with E-state index in [0.717, 1.165) is 4.90 Å². The Morgan fingerprint density at radius 2 is 1.82 bits per heavy atom. The molecule has 1 saturated heterocycles. The molecule has 0 bridgehead atoms. The number of esters is 1. The first-order valence-corrected chi connectivity index (χ1v) is 13.3. The van der Waals surface area contributed by atoms with Crippen LogP contribution < -0.4 is 0 Å². The highest BCUT2D eigenvalue weighted by molar-refractivity contribution is 5.96. The molecule has 216 valence electrons. The molecule has 0 amide bonds. The number of nitrogens with one attached hydrogen (secondary N) is 1. The van der Waals surface area contributed by atoms with Crippen LogP contribution in [0.1, 0.15) is 52.1 Å². The van der Waals surface area contributed by atoms with Crippen molar-refractivity contribution in [2.75, 3.05) is 40.0 Å². The van der Waals surface area contributed by atoms with Crippen LogP contribution in [0.3, 0.4) is 0 Å². The Hall–Kier alpha value is -3.05. The Labute approximate surface area is 228 Å². The molecule has 2 aliphatic heterocycles. The lowest BCUT2D eigenvalue weighted by atomic mass is 9.86. The lowest BCUT2D eigenvalue weighted by molar-refractivity contribution is -0.155. The van der Waals surface area contributed by atoms with E-state index >= 15 is 8.78 Å². The van der Waals surface area contributed by atoms with Gasteiger partial charge in [-0.05, 0) is 67.5 Å². The first-order chi connectivity index (χ1) is 19.0. The third kappa shape index (κ3) is 5.58. The van der Waals surface area contributed by atoms with Gasteiger partial charge in [0, 0.05) is 47.8 Å². The zero-order valence-electron chi connectivity index (χ0n) is 22.3. The number of H-pyrrole nitrogens is 1. The molecule has 2 aliphatic rings. The second kappa shape index (κ2) is 11.1. The summed E-state index contributed by atoms with van der Waals surface area (Å²) in [5.41, 5.74) is 1.63. The summed E-state index contributed by atoms with van der Waals surface area (Å²) in [6.45, 7) is 1.91. The van der Waals surface area contributed by atoms with E-state index in [9.17, 15) is 22.4 Å². The molecule has 2 atom stereocenters. The van der Waals surface area contributed by atoms with Gasteiger partial charge in [-0.25, -0.2) is 13.6 Å². The van der Waals surface area contributed by atoms with Gasteiger partial charge in [0.15, 0.2) is 0 Å². The lowest BCUT2D eigenvalue weighted by Crippen LogP contribution is -2.48. The number of aromatic amines is 1. The van der Waals surface area contributed by atoms with Crippen molar-refractivity contribution in [1.29, 1.82) is 0 Å². The maximum atomic E-state index is 15.7. The van der Waals surface area contributed by atoms with Gasteiger partial charge in [0.25, 0.3) is 0 Å². The quantitative estimate of drug-likeness (QED) is 0.270. The number of likely N-dealkylation sites (tertiary alicyclic amines) is 1. The summed E-state index contributed by atoms with van der Waals surface area (Å²) in [6.07, 6.45) is -3.51. The lowest BCUT2D eigenvalue weighted by Gasteiger charge is -2.41. The number of ether oxygens (including phenoxy) is 1. The standard InChI is InChI=1S/C29H31F6N3O2/c1-16-8-21-20-5-4-19(28(39)40-2)12-24(20)36-26(21)27(38(16)15-29(33,34)35)25-22(31)10-17(11-23(25)32)9-18-13-37(14-18)7-3-6-30/h4-5,10-12,16,18,27,36H,3,6-9,13-15H2,1-2H3/t16-,27-/m1/s1. The Morgan fingerprint density at radius 3 is 2.45 bits per heavy atom. The largest absolute Gasteiger partial charge is 0.465 e. The number of nitrogens with zero attached hydrogens (tertiary/aromatic N) is 2. The van der Waals surface area contributed by atoms with Crippen LogP contribution in [0.25, 0.3) is 10.9 Å². The predicted molar refractivity (Wildman–Crippen MR) is 138 cm³/mol. The van der Waals surface area contributed by atoms with Crippen molar-refractivity contribution in [2.24, 2.45) is 5.92 Å². The predicted octanol–water partition coefficient (Wildman–Crippen LogP) is 5.96. The van der Waals surface area contributed by atoms with E-state index in [-0.39, 0.29) is 23.6 Å². The molecule has 3 heterocycles. The van der Waals surface area contributed by atoms with Crippen molar-refractivity contribution in [3.05, 3.63) is 69.9 Å². The molecule has 2 aromatic carbocycles. The summed E-state index contributed by atoms with van der Waals surface area (Å²) in [5.74, 6) is -2.22. The fourth-order valence-corrected chi connectivity index (χ4v) is 6.19. The Balaban J connectivity index is 1.53. The molecule has 0 radical (unpaired) electrons. The number of methoxy groups -OCH3 is 1. The number of alkyl halides is 4. The molecule has 1 aromatic heterocycles. The van der Waals surface area contributed by atoms with E-state index in [2.05, 4.69) is 9.88 Å². The molecule has 0 spiro atoms. The molecule has 40 heavy (non-hydrogen) atoms. The van der Waals surface area contributed by atoms with Crippen molar-refractivity contribution >= 4 is 16.9 Å². The van der Waals surface area contributed by atoms with Gasteiger partial charge < -0.3 is 14.6 Å². The van der Waals surface area contributed by atoms with Crippen molar-refractivity contribution in [3.8, 4) is 0 Å². The molecule has 5 nitrogen and oxygen atoms in total. The summed E-state index contributed by atoms with van der Waals surface area (Å²) >= 11 is 0. The number of rotatable bonds is 8. The summed E-state index contributed by atoms with van der Waals surface area (Å²) < 4.78 is 89.8. The van der Waals surface area contributed by atoms with E-state index in [1.54, 1.807) is 19.1 Å². The van der Waals surface area contributed by atoms with Crippen LogP contribution in [0.4, 0.5) is 26.3 Å². The number of fused-ring (bicyclic) bond motifs is 3. The van der Waals surface area contributed by atoms with Crippen molar-refractivity contribution < 1.29 is 35.9 Å². The van der Waals surface area contributed by atoms with Gasteiger partial charge in [-0.1, -0.05) is 6.07 Å². The molecule has 0 saturated carbocycles. The minimum atomic E-state index is -4.60. The van der Waals surface area contributed by atoms with Crippen LogP contribution in [-0.4, -0.2) is 72.9 Å². The molecule has 5 rings (SSSR count). The van der Waals surface area contributed by atoms with E-state index in [1.165, 1.54) is 25.3 Å². The zero-order valence-corrected chi connectivity index (χ0v) is 22.3. The fourth-order valence-electron chi connectivity index (χ4n) is 6.19. The molecular weight excluding hydrogens is 536 g/mol. The van der Waals surface area contributed by atoms with Crippen molar-refractivity contribution in [2.45, 2.75) is 44.4 Å². The average Bonchev–Trinajstić information content (AvgIpc) is 3.22. The van der Waals surface area contributed by atoms with Crippen LogP contribution in [0, 0.1) is 17.6 Å². The first kappa shape index (κ1) is 28.5. The Morgan fingerprint density at radius 1 is 1.12 bits per heavy atom. The number of halogens is 6. The smallest absolute Gasteiger partial charge is 0.401 e. The van der Waals surface area contributed by atoms with E-state index < -0.39 is 54.6 Å². The Kier molecular flexibility index (Phi) is 7.89. The summed E-state index contributed by atoms with van der Waals surface area (Å²) in [7, 11) is 1.24. The summed E-state index contributed by atoms with van der Waals surface area (Å²) in [4.78, 5) is 18.3. The number of hydrogen-bond acceptors (Lipinski definition) is 4. The maximum Gasteiger partial charge on any atom is 0.401 e. The van der Waals surface area contributed by atoms with Crippen molar-refractivity contribution in [3.63, 3.8) is 0 Å². The first-order valence-electron chi connectivity index (χ1n) is 13.3. The molecule has 1 fully saturated rings. The number of benzene rings is 2. The Bertz CT molecular complexity index is 1380. The van der Waals surface area contributed by atoms with Gasteiger partial charge in [-0.2, -0.15) is 13.2 Å². The average molecular weight is 568 g/mol. The van der Waals surface area contributed by atoms with Gasteiger partial charge in [0.05, 0.1) is 31.9 Å². The number of carbonyl (C=O) groups is 1. The topological polar surface area (TPSA) is 48.6 Å². The second-order valence-electron chi connectivity index (χ2n) is 10.9. The SMILES string of the molecule is COC(=O)c1ccc2c3c([nH]c2c1)[C@@H](c1c(F)cc(CC2CN(CCCF)C2)cc1F)N(CC(F)(F)F)[C@H](C)C3. The van der Waals surface area contributed by atoms with Crippen LogP contribution in [0.2, 0.25) is 0 Å². The normalized spacial score (nSPS) is 20.5. The molecule has 1 N–H and O–H groups in total. The third-order valence-corrected chi connectivity index (χ3v) is 7.97. The second-order valence-corrected chi connectivity index (χ2v) is 10.9. The molecule has 0 aliphatic carbocycles. The number of hydrogen-bond donors (Lipinski definition) is 1. The monoisotopic (exact) mass is 567 g/mol. The van der Waals surface area contributed by atoms with Gasteiger partial charge in [0.1, 0.15) is 11.6 Å². The minimum Gasteiger partial charge on any atom is -0.465 e. The maximum absolute atomic E-state index is 15.7. The van der Waals surface area contributed by atoms with Crippen LogP contribution >= 0.6 is 0 Å². The van der Waals surface area contributed by atoms with Gasteiger partial charge in [-0.3, -0.25) is 9.29 Å². The minimum absolute atomic E-state index is 0.171. The molecular formula is C29H31F6N3O2. The highest BCUT2D eigenvalue weighted by Gasteiger charge is 2.44.